The zero-order valence-corrected chi connectivity index (χ0v) is 16.9. The first-order chi connectivity index (χ1) is 13.4. The maximum absolute atomic E-state index is 13.3. The second kappa shape index (κ2) is 8.20. The summed E-state index contributed by atoms with van der Waals surface area (Å²) in [6.45, 7) is 0.149. The van der Waals surface area contributed by atoms with Crippen LogP contribution in [0.25, 0.3) is 0 Å². The highest BCUT2D eigenvalue weighted by molar-refractivity contribution is 7.89. The van der Waals surface area contributed by atoms with Gasteiger partial charge >= 0.3 is 5.97 Å². The van der Waals surface area contributed by atoms with Crippen molar-refractivity contribution in [2.24, 2.45) is 0 Å². The first-order valence-electron chi connectivity index (χ1n) is 8.82. The van der Waals surface area contributed by atoms with Gasteiger partial charge in [-0.1, -0.05) is 6.07 Å². The Morgan fingerprint density at radius 1 is 1.07 bits per heavy atom. The van der Waals surface area contributed by atoms with Crippen molar-refractivity contribution in [2.75, 3.05) is 21.3 Å². The molecule has 2 aromatic carbocycles. The van der Waals surface area contributed by atoms with Gasteiger partial charge in [0.1, 0.15) is 11.5 Å². The molecule has 0 radical (unpaired) electrons. The highest BCUT2D eigenvalue weighted by atomic mass is 32.2. The van der Waals surface area contributed by atoms with Crippen molar-refractivity contribution in [2.45, 2.75) is 30.3 Å². The third-order valence-corrected chi connectivity index (χ3v) is 6.52. The van der Waals surface area contributed by atoms with Crippen molar-refractivity contribution in [3.63, 3.8) is 0 Å². The second-order valence-electron chi connectivity index (χ2n) is 6.48. The largest absolute Gasteiger partial charge is 0.497 e. The second-order valence-corrected chi connectivity index (χ2v) is 8.37. The summed E-state index contributed by atoms with van der Waals surface area (Å²) >= 11 is 0. The highest BCUT2D eigenvalue weighted by Gasteiger charge is 2.38. The van der Waals surface area contributed by atoms with E-state index in [0.29, 0.717) is 17.1 Å². The van der Waals surface area contributed by atoms with Gasteiger partial charge in [-0.3, -0.25) is 0 Å². The minimum Gasteiger partial charge on any atom is -0.497 e. The molecule has 0 N–H and O–H groups in total. The third kappa shape index (κ3) is 4.13. The van der Waals surface area contributed by atoms with Gasteiger partial charge in [0, 0.05) is 18.2 Å². The van der Waals surface area contributed by atoms with Gasteiger partial charge < -0.3 is 14.2 Å². The van der Waals surface area contributed by atoms with Crippen LogP contribution in [-0.2, 0) is 21.3 Å². The number of methoxy groups -OCH3 is 3. The predicted molar refractivity (Wildman–Crippen MR) is 103 cm³/mol. The summed E-state index contributed by atoms with van der Waals surface area (Å²) in [6, 6.07) is 11.1. The van der Waals surface area contributed by atoms with Gasteiger partial charge in [0.2, 0.25) is 10.0 Å². The SMILES string of the molecule is COC(=O)c1cccc(S(=O)(=O)N(Cc2cc(OC)ccc2OC)C2CC2)c1. The first kappa shape index (κ1) is 20.2. The molecule has 1 fully saturated rings. The van der Waals surface area contributed by atoms with Gasteiger partial charge in [-0.05, 0) is 49.2 Å². The Hall–Kier alpha value is -2.58. The summed E-state index contributed by atoms with van der Waals surface area (Å²) in [5.74, 6) is 0.631. The first-order valence-corrected chi connectivity index (χ1v) is 10.3. The molecular weight excluding hydrogens is 382 g/mol. The van der Waals surface area contributed by atoms with Crippen LogP contribution in [0.1, 0.15) is 28.8 Å². The highest BCUT2D eigenvalue weighted by Crippen LogP contribution is 2.36. The Morgan fingerprint density at radius 3 is 2.43 bits per heavy atom. The van der Waals surface area contributed by atoms with E-state index in [1.165, 1.54) is 35.7 Å². The lowest BCUT2D eigenvalue weighted by molar-refractivity contribution is 0.0600. The fourth-order valence-electron chi connectivity index (χ4n) is 2.98. The van der Waals surface area contributed by atoms with E-state index in [0.717, 1.165) is 12.8 Å². The van der Waals surface area contributed by atoms with Crippen LogP contribution >= 0.6 is 0 Å². The van der Waals surface area contributed by atoms with Crippen LogP contribution in [0.15, 0.2) is 47.4 Å². The lowest BCUT2D eigenvalue weighted by Crippen LogP contribution is -2.33. The molecule has 0 aromatic heterocycles. The molecule has 28 heavy (non-hydrogen) atoms. The molecule has 1 saturated carbocycles. The Morgan fingerprint density at radius 2 is 1.82 bits per heavy atom. The van der Waals surface area contributed by atoms with Gasteiger partial charge in [-0.2, -0.15) is 4.31 Å². The molecule has 0 bridgehead atoms. The maximum atomic E-state index is 13.3. The van der Waals surface area contributed by atoms with E-state index in [2.05, 4.69) is 0 Å². The van der Waals surface area contributed by atoms with Crippen LogP contribution in [0.4, 0.5) is 0 Å². The number of esters is 1. The van der Waals surface area contributed by atoms with E-state index >= 15 is 0 Å². The Bertz CT molecular complexity index is 968. The summed E-state index contributed by atoms with van der Waals surface area (Å²) in [6.07, 6.45) is 1.59. The molecule has 8 heteroatoms. The maximum Gasteiger partial charge on any atom is 0.337 e. The number of carbonyl (C=O) groups is 1. The average Bonchev–Trinajstić information content (AvgIpc) is 3.56. The molecular formula is C20H23NO6S. The third-order valence-electron chi connectivity index (χ3n) is 4.63. The smallest absolute Gasteiger partial charge is 0.337 e. The Kier molecular flexibility index (Phi) is 5.90. The fourth-order valence-corrected chi connectivity index (χ4v) is 4.69. The summed E-state index contributed by atoms with van der Waals surface area (Å²) in [5.41, 5.74) is 0.903. The van der Waals surface area contributed by atoms with Crippen molar-refractivity contribution in [3.05, 3.63) is 53.6 Å². The van der Waals surface area contributed by atoms with E-state index in [1.54, 1.807) is 32.4 Å². The number of rotatable bonds is 8. The minimum absolute atomic E-state index is 0.0594. The van der Waals surface area contributed by atoms with Crippen molar-refractivity contribution < 1.29 is 27.4 Å². The van der Waals surface area contributed by atoms with Gasteiger partial charge in [0.15, 0.2) is 0 Å². The molecule has 0 saturated heterocycles. The van der Waals surface area contributed by atoms with Gasteiger partial charge in [0.05, 0.1) is 31.8 Å². The number of hydrogen-bond acceptors (Lipinski definition) is 6. The van der Waals surface area contributed by atoms with E-state index < -0.39 is 16.0 Å². The Labute approximate surface area is 164 Å². The molecule has 0 aliphatic heterocycles. The summed E-state index contributed by atoms with van der Waals surface area (Å²) < 4.78 is 43.5. The van der Waals surface area contributed by atoms with Gasteiger partial charge in [-0.15, -0.1) is 0 Å². The zero-order chi connectivity index (χ0) is 20.3. The summed E-state index contributed by atoms with van der Waals surface area (Å²) in [4.78, 5) is 11.9. The number of benzene rings is 2. The molecule has 0 amide bonds. The van der Waals surface area contributed by atoms with Crippen molar-refractivity contribution in [1.29, 1.82) is 0 Å². The number of sulfonamides is 1. The average molecular weight is 405 g/mol. The van der Waals surface area contributed by atoms with Crippen LogP contribution in [0, 0.1) is 0 Å². The van der Waals surface area contributed by atoms with Crippen LogP contribution in [0.5, 0.6) is 11.5 Å². The van der Waals surface area contributed by atoms with Crippen molar-refractivity contribution >= 4 is 16.0 Å². The molecule has 0 atom stereocenters. The number of ether oxygens (including phenoxy) is 3. The van der Waals surface area contributed by atoms with Crippen LogP contribution in [0.2, 0.25) is 0 Å². The molecule has 2 aromatic rings. The lowest BCUT2D eigenvalue weighted by Gasteiger charge is -2.23. The fraction of sp³-hybridized carbons (Fsp3) is 0.350. The molecule has 0 spiro atoms. The van der Waals surface area contributed by atoms with Gasteiger partial charge in [-0.25, -0.2) is 13.2 Å². The predicted octanol–water partition coefficient (Wildman–Crippen LogP) is 2.84. The standard InChI is InChI=1S/C20H23NO6S/c1-25-17-9-10-19(26-2)15(11-17)13-21(16-7-8-16)28(23,24)18-6-4-5-14(12-18)20(22)27-3/h4-6,9-12,16H,7-8,13H2,1-3H3. The van der Waals surface area contributed by atoms with E-state index in [4.69, 9.17) is 14.2 Å². The molecule has 3 rings (SSSR count). The molecule has 0 unspecified atom stereocenters. The molecule has 150 valence electrons. The Balaban J connectivity index is 1.98. The van der Waals surface area contributed by atoms with Crippen LogP contribution in [-0.4, -0.2) is 46.1 Å². The normalized spacial score (nSPS) is 14.0. The molecule has 1 aliphatic carbocycles. The number of carbonyl (C=O) groups excluding carboxylic acids is 1. The van der Waals surface area contributed by atoms with Crippen LogP contribution in [0.3, 0.4) is 0 Å². The van der Waals surface area contributed by atoms with Gasteiger partial charge in [0.25, 0.3) is 0 Å². The van der Waals surface area contributed by atoms with Crippen molar-refractivity contribution in [3.8, 4) is 11.5 Å². The monoisotopic (exact) mass is 405 g/mol. The van der Waals surface area contributed by atoms with Crippen molar-refractivity contribution in [1.82, 2.24) is 4.31 Å². The van der Waals surface area contributed by atoms with E-state index in [9.17, 15) is 13.2 Å². The minimum atomic E-state index is -3.82. The lowest BCUT2D eigenvalue weighted by atomic mass is 10.2. The summed E-state index contributed by atoms with van der Waals surface area (Å²) in [5, 5.41) is 0. The zero-order valence-electron chi connectivity index (χ0n) is 16.0. The number of nitrogens with zero attached hydrogens (tertiary/aromatic N) is 1. The van der Waals surface area contributed by atoms with E-state index in [1.807, 2.05) is 0 Å². The van der Waals surface area contributed by atoms with Crippen LogP contribution < -0.4 is 9.47 Å². The summed E-state index contributed by atoms with van der Waals surface area (Å²) in [7, 11) is 0.541. The van der Waals surface area contributed by atoms with E-state index in [-0.39, 0.29) is 23.0 Å². The molecule has 1 aliphatic rings. The molecule has 7 nitrogen and oxygen atoms in total. The molecule has 0 heterocycles. The number of hydrogen-bond donors (Lipinski definition) is 0. The quantitative estimate of drug-likeness (QED) is 0.628. The topological polar surface area (TPSA) is 82.1 Å².